The zero-order valence-corrected chi connectivity index (χ0v) is 33.0. The Labute approximate surface area is 341 Å². The van der Waals surface area contributed by atoms with Gasteiger partial charge in [-0.25, -0.2) is 4.79 Å². The summed E-state index contributed by atoms with van der Waals surface area (Å²) in [5.74, 6) is -4.56. The smallest absolute Gasteiger partial charge is 0.329 e. The number of carboxylic acids is 1. The molecule has 0 saturated heterocycles. The van der Waals surface area contributed by atoms with E-state index in [4.69, 9.17) is 26.4 Å². The van der Waals surface area contributed by atoms with E-state index in [-0.39, 0.29) is 43.5 Å². The van der Waals surface area contributed by atoms with Crippen molar-refractivity contribution in [3.05, 3.63) is 107 Å². The molecule has 0 aromatic heterocycles. The molecular formula is C41H52N8O10. The first-order valence-corrected chi connectivity index (χ1v) is 18.8. The Morgan fingerprint density at radius 2 is 1.31 bits per heavy atom. The number of aliphatic carboxylic acids is 1. The van der Waals surface area contributed by atoms with E-state index in [0.717, 1.165) is 11.1 Å². The molecule has 1 aliphatic heterocycles. The molecule has 0 spiro atoms. The van der Waals surface area contributed by atoms with E-state index >= 15 is 0 Å². The molecule has 4 rings (SSSR count). The van der Waals surface area contributed by atoms with Gasteiger partial charge in [0.2, 0.25) is 23.6 Å². The van der Waals surface area contributed by atoms with Gasteiger partial charge in [0.15, 0.2) is 23.5 Å². The first-order chi connectivity index (χ1) is 28.0. The number of nitrogens with two attached hydrogens (primary N) is 2. The van der Waals surface area contributed by atoms with Gasteiger partial charge in [0.25, 0.3) is 0 Å². The Hall–Kier alpha value is -6.50. The van der Waals surface area contributed by atoms with Crippen LogP contribution in [-0.2, 0) is 37.2 Å². The number of nitrogens with zero attached hydrogens (tertiary/aromatic N) is 1. The van der Waals surface area contributed by atoms with Crippen LogP contribution in [0.15, 0.2) is 90.5 Å². The molecule has 0 saturated carbocycles. The minimum atomic E-state index is -1.86. The number of amides is 4. The maximum atomic E-state index is 13.4. The number of benzene rings is 3. The van der Waals surface area contributed by atoms with Crippen LogP contribution in [0, 0.1) is 5.41 Å². The van der Waals surface area contributed by atoms with Crippen molar-refractivity contribution in [2.24, 2.45) is 11.5 Å². The maximum absolute atomic E-state index is 13.4. The van der Waals surface area contributed by atoms with Crippen LogP contribution in [0.1, 0.15) is 50.0 Å². The second-order valence-electron chi connectivity index (χ2n) is 14.1. The SMILES string of the molecule is CC(NC(=O)C(C)NC(=O)C(CC1=CCN(C(=N)N)C1)NC(=O)C(N)C(C)O)C(=O)NC(C(=O)O)C(O)c1ccc(OCc2ccccc2)c(OCc2ccccc2)c1. The van der Waals surface area contributed by atoms with E-state index in [9.17, 15) is 39.3 Å². The van der Waals surface area contributed by atoms with Gasteiger partial charge in [-0.2, -0.15) is 0 Å². The lowest BCUT2D eigenvalue weighted by Gasteiger charge is -2.26. The number of aliphatic hydroxyl groups is 2. The van der Waals surface area contributed by atoms with Crippen LogP contribution in [0.3, 0.4) is 0 Å². The number of carbonyl (C=O) groups excluding carboxylic acids is 4. The molecule has 3 aromatic rings. The van der Waals surface area contributed by atoms with E-state index in [1.165, 1.54) is 43.9 Å². The number of aliphatic hydroxyl groups excluding tert-OH is 2. The van der Waals surface area contributed by atoms with Crippen molar-refractivity contribution in [1.82, 2.24) is 26.2 Å². The average Bonchev–Trinajstić information content (AvgIpc) is 3.70. The molecule has 1 aliphatic rings. The summed E-state index contributed by atoms with van der Waals surface area (Å²) >= 11 is 0. The molecule has 3 aromatic carbocycles. The average molecular weight is 817 g/mol. The Morgan fingerprint density at radius 3 is 1.83 bits per heavy atom. The van der Waals surface area contributed by atoms with Crippen molar-refractivity contribution >= 4 is 35.6 Å². The summed E-state index contributed by atoms with van der Waals surface area (Å²) in [6, 6.07) is 16.1. The Bertz CT molecular complexity index is 1980. The molecule has 316 valence electrons. The monoisotopic (exact) mass is 816 g/mol. The number of hydrogen-bond acceptors (Lipinski definition) is 11. The number of hydrogen-bond donors (Lipinski definition) is 10. The van der Waals surface area contributed by atoms with Crippen LogP contribution in [-0.4, -0.2) is 105 Å². The summed E-state index contributed by atoms with van der Waals surface area (Å²) in [7, 11) is 0. The molecule has 18 heteroatoms. The topological polar surface area (TPSA) is 292 Å². The number of nitrogens with one attached hydrogen (secondary N) is 5. The molecule has 0 fully saturated rings. The van der Waals surface area contributed by atoms with Crippen LogP contribution >= 0.6 is 0 Å². The van der Waals surface area contributed by atoms with Gasteiger partial charge in [0.05, 0.1) is 6.10 Å². The molecule has 4 amide bonds. The van der Waals surface area contributed by atoms with Gasteiger partial charge < -0.3 is 62.4 Å². The van der Waals surface area contributed by atoms with Crippen molar-refractivity contribution in [2.45, 2.75) is 82.8 Å². The fourth-order valence-corrected chi connectivity index (χ4v) is 5.84. The van der Waals surface area contributed by atoms with Gasteiger partial charge >= 0.3 is 5.97 Å². The van der Waals surface area contributed by atoms with Gasteiger partial charge in [-0.1, -0.05) is 78.4 Å². The van der Waals surface area contributed by atoms with Gasteiger partial charge in [-0.15, -0.1) is 0 Å². The molecular weight excluding hydrogens is 764 g/mol. The lowest BCUT2D eigenvalue weighted by molar-refractivity contribution is -0.145. The Kier molecular flexibility index (Phi) is 16.3. The molecule has 0 bridgehead atoms. The van der Waals surface area contributed by atoms with Crippen molar-refractivity contribution in [2.75, 3.05) is 13.1 Å². The van der Waals surface area contributed by atoms with E-state index in [1.54, 1.807) is 6.08 Å². The van der Waals surface area contributed by atoms with Gasteiger partial charge in [0, 0.05) is 13.1 Å². The van der Waals surface area contributed by atoms with Crippen molar-refractivity contribution < 1.29 is 48.8 Å². The fourth-order valence-electron chi connectivity index (χ4n) is 5.84. The summed E-state index contributed by atoms with van der Waals surface area (Å²) < 4.78 is 12.1. The highest BCUT2D eigenvalue weighted by atomic mass is 16.5. The minimum Gasteiger partial charge on any atom is -0.485 e. The van der Waals surface area contributed by atoms with Crippen molar-refractivity contribution in [3.63, 3.8) is 0 Å². The Balaban J connectivity index is 1.41. The van der Waals surface area contributed by atoms with E-state index in [1.807, 2.05) is 60.7 Å². The van der Waals surface area contributed by atoms with E-state index < -0.39 is 72.0 Å². The normalized spacial score (nSPS) is 15.8. The molecule has 18 nitrogen and oxygen atoms in total. The zero-order valence-electron chi connectivity index (χ0n) is 33.0. The highest BCUT2D eigenvalue weighted by molar-refractivity contribution is 5.95. The highest BCUT2D eigenvalue weighted by Crippen LogP contribution is 2.33. The maximum Gasteiger partial charge on any atom is 0.329 e. The molecule has 7 unspecified atom stereocenters. The molecule has 1 heterocycles. The van der Waals surface area contributed by atoms with Crippen LogP contribution in [0.4, 0.5) is 0 Å². The highest BCUT2D eigenvalue weighted by Gasteiger charge is 2.34. The van der Waals surface area contributed by atoms with Crippen LogP contribution in [0.2, 0.25) is 0 Å². The first-order valence-electron chi connectivity index (χ1n) is 18.8. The summed E-state index contributed by atoms with van der Waals surface area (Å²) in [6.07, 6.45) is -1.27. The molecule has 12 N–H and O–H groups in total. The summed E-state index contributed by atoms with van der Waals surface area (Å²) in [4.78, 5) is 66.4. The second kappa shape index (κ2) is 21.3. The predicted octanol–water partition coefficient (Wildman–Crippen LogP) is 0.175. The third-order valence-corrected chi connectivity index (χ3v) is 9.42. The minimum absolute atomic E-state index is 0.0238. The molecule has 0 radical (unpaired) electrons. The van der Waals surface area contributed by atoms with E-state index in [0.29, 0.717) is 17.9 Å². The van der Waals surface area contributed by atoms with Crippen LogP contribution < -0.4 is 42.2 Å². The van der Waals surface area contributed by atoms with Gasteiger partial charge in [-0.05, 0) is 56.0 Å². The first kappa shape index (κ1) is 45.2. The van der Waals surface area contributed by atoms with Gasteiger partial charge in [-0.3, -0.25) is 24.6 Å². The molecule has 0 aliphatic carbocycles. The number of carbonyl (C=O) groups is 5. The molecule has 59 heavy (non-hydrogen) atoms. The number of ether oxygens (including phenoxy) is 2. The largest absolute Gasteiger partial charge is 0.485 e. The zero-order chi connectivity index (χ0) is 43.2. The standard InChI is InChI=1S/C41H52N8O10/c1-23(46-38(54)30(47-39(55)33(42)25(3)50)18-28-16-17-49(20-28)41(43)44)36(52)45-24(2)37(53)48-34(40(56)57)35(51)29-14-15-31(58-21-26-10-6-4-7-11-26)32(19-29)59-22-27-12-8-5-9-13-27/h4-16,19,23-25,30,33-35,50-51H,17-18,20-22,42H2,1-3H3,(H3,43,44)(H,45,52)(H,46,54)(H,47,55)(H,48,53)(H,56,57). The van der Waals surface area contributed by atoms with Crippen LogP contribution in [0.25, 0.3) is 0 Å². The van der Waals surface area contributed by atoms with E-state index in [2.05, 4.69) is 21.3 Å². The number of guanidine groups is 1. The Morgan fingerprint density at radius 1 is 0.763 bits per heavy atom. The van der Waals surface area contributed by atoms with Gasteiger partial charge in [0.1, 0.15) is 43.5 Å². The van der Waals surface area contributed by atoms with Crippen molar-refractivity contribution in [1.29, 1.82) is 5.41 Å². The molecule has 7 atom stereocenters. The predicted molar refractivity (Wildman–Crippen MR) is 215 cm³/mol. The quantitative estimate of drug-likeness (QED) is 0.0414. The second-order valence-corrected chi connectivity index (χ2v) is 14.1. The number of rotatable bonds is 20. The third-order valence-electron chi connectivity index (χ3n) is 9.42. The summed E-state index contributed by atoms with van der Waals surface area (Å²) in [5.41, 5.74) is 13.8. The lowest BCUT2D eigenvalue weighted by Crippen LogP contribution is -2.58. The summed E-state index contributed by atoms with van der Waals surface area (Å²) in [5, 5.41) is 48.5. The number of carboxylic acid groups (broad SMARTS) is 1. The third kappa shape index (κ3) is 13.3. The summed E-state index contributed by atoms with van der Waals surface area (Å²) in [6.45, 7) is 4.82. The van der Waals surface area contributed by atoms with Crippen LogP contribution in [0.5, 0.6) is 11.5 Å². The van der Waals surface area contributed by atoms with Crippen molar-refractivity contribution in [3.8, 4) is 11.5 Å². The fraction of sp³-hybridized carbons (Fsp3) is 0.366. The lowest BCUT2D eigenvalue weighted by atomic mass is 10.0.